The van der Waals surface area contributed by atoms with Crippen molar-refractivity contribution < 1.29 is 0 Å². The molecule has 72 valence electrons. The van der Waals surface area contributed by atoms with Gasteiger partial charge in [0.2, 0.25) is 0 Å². The lowest BCUT2D eigenvalue weighted by Crippen LogP contribution is -2.11. The van der Waals surface area contributed by atoms with E-state index < -0.39 is 0 Å². The third-order valence-electron chi connectivity index (χ3n) is 2.68. The van der Waals surface area contributed by atoms with E-state index in [4.69, 9.17) is 0 Å². The lowest BCUT2D eigenvalue weighted by Gasteiger charge is -2.04. The Bertz CT molecular complexity index is 261. The lowest BCUT2D eigenvalue weighted by atomic mass is 10.0. The van der Waals surface area contributed by atoms with Crippen LogP contribution in [-0.4, -0.2) is 22.9 Å². The molecule has 1 aliphatic rings. The van der Waals surface area contributed by atoms with Crippen molar-refractivity contribution in [3.05, 3.63) is 18.0 Å². The molecule has 1 N–H and O–H groups in total. The Balaban J connectivity index is 1.92. The molecular weight excluding hydrogens is 162 g/mol. The third kappa shape index (κ3) is 2.10. The average molecular weight is 179 g/mol. The Morgan fingerprint density at radius 1 is 1.69 bits per heavy atom. The summed E-state index contributed by atoms with van der Waals surface area (Å²) in [7, 11) is 0. The number of aromatic nitrogens is 2. The molecule has 1 aromatic heterocycles. The molecule has 1 unspecified atom stereocenters. The lowest BCUT2D eigenvalue weighted by molar-refractivity contribution is 0.557. The molecule has 3 heteroatoms. The Morgan fingerprint density at radius 2 is 2.62 bits per heavy atom. The number of rotatable bonds is 3. The maximum atomic E-state index is 4.48. The van der Waals surface area contributed by atoms with Gasteiger partial charge < -0.3 is 5.32 Å². The molecule has 13 heavy (non-hydrogen) atoms. The van der Waals surface area contributed by atoms with Crippen molar-refractivity contribution in [3.63, 3.8) is 0 Å². The minimum atomic E-state index is 0.806. The van der Waals surface area contributed by atoms with Gasteiger partial charge in [0.1, 0.15) is 0 Å². The first-order valence-electron chi connectivity index (χ1n) is 5.11. The molecule has 0 aliphatic carbocycles. The summed E-state index contributed by atoms with van der Waals surface area (Å²) in [5.74, 6) is 0.806. The first kappa shape index (κ1) is 8.75. The van der Waals surface area contributed by atoms with Crippen LogP contribution in [0.1, 0.15) is 19.0 Å². The van der Waals surface area contributed by atoms with Crippen LogP contribution in [0.3, 0.4) is 0 Å². The monoisotopic (exact) mass is 179 g/mol. The van der Waals surface area contributed by atoms with Gasteiger partial charge in [0.15, 0.2) is 0 Å². The van der Waals surface area contributed by atoms with Gasteiger partial charge in [-0.05, 0) is 44.8 Å². The van der Waals surface area contributed by atoms with E-state index in [1.54, 1.807) is 0 Å². The highest BCUT2D eigenvalue weighted by Gasteiger charge is 2.15. The highest BCUT2D eigenvalue weighted by Crippen LogP contribution is 2.13. The number of nitrogens with zero attached hydrogens (tertiary/aromatic N) is 2. The Hall–Kier alpha value is -0.830. The fraction of sp³-hybridized carbons (Fsp3) is 0.700. The predicted octanol–water partition coefficient (Wildman–Crippen LogP) is 1.05. The van der Waals surface area contributed by atoms with Crippen LogP contribution in [0.15, 0.2) is 12.3 Å². The van der Waals surface area contributed by atoms with E-state index in [0.29, 0.717) is 0 Å². The fourth-order valence-electron chi connectivity index (χ4n) is 1.87. The van der Waals surface area contributed by atoms with Crippen molar-refractivity contribution in [1.82, 2.24) is 15.1 Å². The van der Waals surface area contributed by atoms with E-state index in [9.17, 15) is 0 Å². The second kappa shape index (κ2) is 3.92. The Morgan fingerprint density at radius 3 is 3.23 bits per heavy atom. The zero-order valence-electron chi connectivity index (χ0n) is 8.16. The summed E-state index contributed by atoms with van der Waals surface area (Å²) >= 11 is 0. The number of aryl methyl sites for hydroxylation is 1. The number of nitrogens with one attached hydrogen (secondary N) is 1. The molecule has 3 nitrogen and oxygen atoms in total. The number of hydrogen-bond donors (Lipinski definition) is 1. The van der Waals surface area contributed by atoms with E-state index >= 15 is 0 Å². The van der Waals surface area contributed by atoms with Crippen LogP contribution in [0.2, 0.25) is 0 Å². The molecule has 2 heterocycles. The summed E-state index contributed by atoms with van der Waals surface area (Å²) in [5, 5.41) is 7.86. The van der Waals surface area contributed by atoms with E-state index in [1.807, 2.05) is 4.68 Å². The minimum absolute atomic E-state index is 0.806. The van der Waals surface area contributed by atoms with Gasteiger partial charge in [-0.1, -0.05) is 0 Å². The van der Waals surface area contributed by atoms with Gasteiger partial charge in [0.25, 0.3) is 0 Å². The van der Waals surface area contributed by atoms with Gasteiger partial charge in [-0.2, -0.15) is 5.10 Å². The summed E-state index contributed by atoms with van der Waals surface area (Å²) < 4.78 is 2.00. The van der Waals surface area contributed by atoms with E-state index in [0.717, 1.165) is 18.9 Å². The van der Waals surface area contributed by atoms with Crippen LogP contribution in [0.4, 0.5) is 0 Å². The molecule has 0 radical (unpaired) electrons. The predicted molar refractivity (Wildman–Crippen MR) is 52.6 cm³/mol. The van der Waals surface area contributed by atoms with Gasteiger partial charge in [0.05, 0.1) is 5.69 Å². The van der Waals surface area contributed by atoms with Gasteiger partial charge in [-0.15, -0.1) is 0 Å². The van der Waals surface area contributed by atoms with Crippen LogP contribution in [0.25, 0.3) is 0 Å². The molecular formula is C10H17N3. The maximum Gasteiger partial charge on any atom is 0.0627 e. The molecule has 0 amide bonds. The van der Waals surface area contributed by atoms with Gasteiger partial charge >= 0.3 is 0 Å². The molecule has 0 aromatic carbocycles. The first-order valence-corrected chi connectivity index (χ1v) is 5.11. The Kier molecular flexibility index (Phi) is 2.64. The number of hydrogen-bond acceptors (Lipinski definition) is 2. The van der Waals surface area contributed by atoms with E-state index in [1.165, 1.54) is 25.2 Å². The third-order valence-corrected chi connectivity index (χ3v) is 2.68. The molecule has 0 bridgehead atoms. The molecule has 0 spiro atoms. The smallest absolute Gasteiger partial charge is 0.0627 e. The molecule has 1 atom stereocenters. The molecule has 2 rings (SSSR count). The molecule has 1 fully saturated rings. The molecule has 1 aliphatic heterocycles. The van der Waals surface area contributed by atoms with Crippen LogP contribution in [-0.2, 0) is 13.0 Å². The van der Waals surface area contributed by atoms with Crippen LogP contribution >= 0.6 is 0 Å². The van der Waals surface area contributed by atoms with Crippen LogP contribution in [0, 0.1) is 5.92 Å². The summed E-state index contributed by atoms with van der Waals surface area (Å²) in [6, 6.07) is 2.14. The molecule has 0 saturated carbocycles. The maximum absolute atomic E-state index is 4.48. The normalized spacial score (nSPS) is 22.4. The largest absolute Gasteiger partial charge is 0.316 e. The standard InChI is InChI=1S/C10H17N3/c1-2-13-6-4-10(12-13)7-9-3-5-11-8-9/h4,6,9,11H,2-3,5,7-8H2,1H3. The van der Waals surface area contributed by atoms with E-state index in [-0.39, 0.29) is 0 Å². The highest BCUT2D eigenvalue weighted by atomic mass is 15.3. The zero-order valence-corrected chi connectivity index (χ0v) is 8.16. The summed E-state index contributed by atoms with van der Waals surface area (Å²) in [5.41, 5.74) is 1.25. The van der Waals surface area contributed by atoms with Crippen molar-refractivity contribution in [3.8, 4) is 0 Å². The minimum Gasteiger partial charge on any atom is -0.316 e. The highest BCUT2D eigenvalue weighted by molar-refractivity contribution is 5.01. The van der Waals surface area contributed by atoms with Crippen molar-refractivity contribution in [1.29, 1.82) is 0 Å². The zero-order chi connectivity index (χ0) is 9.10. The topological polar surface area (TPSA) is 29.9 Å². The fourth-order valence-corrected chi connectivity index (χ4v) is 1.87. The van der Waals surface area contributed by atoms with Crippen molar-refractivity contribution >= 4 is 0 Å². The molecule has 1 aromatic rings. The SMILES string of the molecule is CCn1ccc(CC2CCNC2)n1. The van der Waals surface area contributed by atoms with Crippen molar-refractivity contribution in [2.45, 2.75) is 26.3 Å². The summed E-state index contributed by atoms with van der Waals surface area (Å²) in [4.78, 5) is 0. The first-order chi connectivity index (χ1) is 6.38. The average Bonchev–Trinajstić information content (AvgIpc) is 2.76. The van der Waals surface area contributed by atoms with Crippen LogP contribution < -0.4 is 5.32 Å². The second-order valence-electron chi connectivity index (χ2n) is 3.73. The Labute approximate surface area is 79.1 Å². The quantitative estimate of drug-likeness (QED) is 0.751. The van der Waals surface area contributed by atoms with Crippen LogP contribution in [0.5, 0.6) is 0 Å². The van der Waals surface area contributed by atoms with Crippen molar-refractivity contribution in [2.24, 2.45) is 5.92 Å². The van der Waals surface area contributed by atoms with Gasteiger partial charge in [-0.3, -0.25) is 4.68 Å². The molecule has 1 saturated heterocycles. The summed E-state index contributed by atoms with van der Waals surface area (Å²) in [6.45, 7) is 5.44. The second-order valence-corrected chi connectivity index (χ2v) is 3.73. The summed E-state index contributed by atoms with van der Waals surface area (Å²) in [6.07, 6.45) is 4.51. The van der Waals surface area contributed by atoms with Gasteiger partial charge in [-0.25, -0.2) is 0 Å². The van der Waals surface area contributed by atoms with E-state index in [2.05, 4.69) is 29.6 Å². The van der Waals surface area contributed by atoms with Gasteiger partial charge in [0, 0.05) is 12.7 Å². The van der Waals surface area contributed by atoms with Crippen molar-refractivity contribution in [2.75, 3.05) is 13.1 Å².